The molecule has 1 fully saturated rings. The summed E-state index contributed by atoms with van der Waals surface area (Å²) in [6.45, 7) is 3.75. The first-order valence-corrected chi connectivity index (χ1v) is 13.9. The van der Waals surface area contributed by atoms with Crippen molar-refractivity contribution in [2.24, 2.45) is 0 Å². The number of para-hydroxylation sites is 2. The Hall–Kier alpha value is -5.02. The Balaban J connectivity index is 1.38. The number of ether oxygens (including phenoxy) is 1. The van der Waals surface area contributed by atoms with Crippen LogP contribution in [0.1, 0.15) is 16.7 Å². The highest BCUT2D eigenvalue weighted by Crippen LogP contribution is 2.31. The molecule has 1 aliphatic heterocycles. The molecule has 4 aromatic rings. The predicted octanol–water partition coefficient (Wildman–Crippen LogP) is 6.67. The third kappa shape index (κ3) is 6.01. The maximum absolute atomic E-state index is 13.6. The summed E-state index contributed by atoms with van der Waals surface area (Å²) in [5, 5.41) is 2.81. The van der Waals surface area contributed by atoms with E-state index in [1.165, 1.54) is 6.08 Å². The maximum Gasteiger partial charge on any atom is 0.343 e. The minimum absolute atomic E-state index is 0.185. The molecule has 4 aromatic carbocycles. The Labute approximate surface area is 251 Å². The number of carbonyl (C=O) groups excluding carboxylic acids is 4. The van der Waals surface area contributed by atoms with Crippen LogP contribution in [0.15, 0.2) is 107 Å². The lowest BCUT2D eigenvalue weighted by atomic mass is 10.0. The van der Waals surface area contributed by atoms with Gasteiger partial charge in [0.1, 0.15) is 11.3 Å². The number of urea groups is 1. The van der Waals surface area contributed by atoms with Crippen LogP contribution in [-0.4, -0.2) is 30.4 Å². The number of imide groups is 2. The van der Waals surface area contributed by atoms with Gasteiger partial charge in [0.05, 0.1) is 15.8 Å². The van der Waals surface area contributed by atoms with Crippen molar-refractivity contribution in [1.82, 2.24) is 0 Å². The van der Waals surface area contributed by atoms with E-state index in [-0.39, 0.29) is 18.1 Å². The summed E-state index contributed by atoms with van der Waals surface area (Å²) in [5.41, 5.74) is 3.90. The molecule has 5 amide bonds. The van der Waals surface area contributed by atoms with Crippen LogP contribution in [0.4, 0.5) is 21.9 Å². The summed E-state index contributed by atoms with van der Waals surface area (Å²) in [4.78, 5) is 55.0. The van der Waals surface area contributed by atoms with Crippen molar-refractivity contribution in [3.8, 4) is 5.75 Å². The Morgan fingerprint density at radius 1 is 0.786 bits per heavy atom. The second-order valence-corrected chi connectivity index (χ2v) is 10.5. The quantitative estimate of drug-likeness (QED) is 0.183. The largest absolute Gasteiger partial charge is 0.483 e. The van der Waals surface area contributed by atoms with Gasteiger partial charge in [-0.15, -0.1) is 0 Å². The normalized spacial score (nSPS) is 13.3. The third-order valence-electron chi connectivity index (χ3n) is 6.69. The monoisotopic (exact) mass is 623 g/mol. The van der Waals surface area contributed by atoms with E-state index in [1.54, 1.807) is 78.9 Å². The van der Waals surface area contributed by atoms with Gasteiger partial charge >= 0.3 is 6.03 Å². The van der Waals surface area contributed by atoms with E-state index in [9.17, 15) is 19.2 Å². The highest BCUT2D eigenvalue weighted by Gasteiger charge is 2.43. The zero-order valence-electron chi connectivity index (χ0n) is 22.8. The number of hydrogen-bond donors (Lipinski definition) is 1. The van der Waals surface area contributed by atoms with E-state index >= 15 is 0 Å². The highest BCUT2D eigenvalue weighted by molar-refractivity contribution is 9.10. The minimum Gasteiger partial charge on any atom is -0.483 e. The van der Waals surface area contributed by atoms with E-state index in [1.807, 2.05) is 32.0 Å². The lowest BCUT2D eigenvalue weighted by Gasteiger charge is -2.33. The second-order valence-electron chi connectivity index (χ2n) is 9.62. The first-order chi connectivity index (χ1) is 20.2. The van der Waals surface area contributed by atoms with Crippen LogP contribution in [0, 0.1) is 13.8 Å². The number of barbiturate groups is 1. The number of amides is 5. The molecule has 0 saturated carbocycles. The summed E-state index contributed by atoms with van der Waals surface area (Å²) >= 11 is 3.45. The Morgan fingerprint density at radius 2 is 1.38 bits per heavy atom. The molecule has 0 bridgehead atoms. The van der Waals surface area contributed by atoms with Crippen molar-refractivity contribution >= 4 is 62.8 Å². The zero-order valence-corrected chi connectivity index (χ0v) is 24.4. The number of anilines is 3. The Morgan fingerprint density at radius 3 is 1.93 bits per heavy atom. The summed E-state index contributed by atoms with van der Waals surface area (Å²) in [5.74, 6) is -1.38. The highest BCUT2D eigenvalue weighted by atomic mass is 79.9. The fourth-order valence-corrected chi connectivity index (χ4v) is 4.90. The number of benzene rings is 4. The van der Waals surface area contributed by atoms with Crippen LogP contribution in [0.25, 0.3) is 6.08 Å². The average molecular weight is 624 g/mol. The van der Waals surface area contributed by atoms with Crippen molar-refractivity contribution in [2.45, 2.75) is 13.8 Å². The van der Waals surface area contributed by atoms with Gasteiger partial charge in [0.25, 0.3) is 17.7 Å². The number of hydrogen-bond acceptors (Lipinski definition) is 5. The molecule has 210 valence electrons. The number of aryl methyl sites for hydroxylation is 2. The number of carbonyl (C=O) groups is 4. The van der Waals surface area contributed by atoms with Crippen molar-refractivity contribution in [3.63, 3.8) is 0 Å². The molecule has 5 rings (SSSR count). The van der Waals surface area contributed by atoms with Gasteiger partial charge in [0, 0.05) is 5.69 Å². The Bertz CT molecular complexity index is 1660. The molecule has 0 atom stereocenters. The fourth-order valence-electron chi connectivity index (χ4n) is 4.39. The molecule has 1 heterocycles. The molecule has 0 aromatic heterocycles. The molecular formula is C33H26BrN3O5. The molecule has 9 heteroatoms. The van der Waals surface area contributed by atoms with E-state index in [2.05, 4.69) is 21.2 Å². The molecule has 0 radical (unpaired) electrons. The van der Waals surface area contributed by atoms with Crippen LogP contribution in [0.5, 0.6) is 5.75 Å². The molecule has 0 unspecified atom stereocenters. The average Bonchev–Trinajstić information content (AvgIpc) is 2.98. The Kier molecular flexibility index (Phi) is 8.31. The number of nitrogens with zero attached hydrogens (tertiary/aromatic N) is 2. The van der Waals surface area contributed by atoms with E-state index in [0.29, 0.717) is 32.8 Å². The van der Waals surface area contributed by atoms with E-state index < -0.39 is 17.8 Å². The number of rotatable bonds is 7. The van der Waals surface area contributed by atoms with Gasteiger partial charge in [-0.3, -0.25) is 14.4 Å². The standard InChI is InChI=1S/C33H26BrN3O5/c1-21-13-15-24(17-22(21)2)35-30(38)20-42-29-16-14-23(19-28(29)34)18-27-31(39)36(25-9-5-3-6-10-25)33(41)37(32(27)40)26-11-7-4-8-12-26/h3-19H,20H2,1-2H3,(H,35,38). The molecule has 1 aliphatic rings. The van der Waals surface area contributed by atoms with Crippen LogP contribution < -0.4 is 19.9 Å². The summed E-state index contributed by atoms with van der Waals surface area (Å²) in [7, 11) is 0. The molecule has 0 spiro atoms. The molecule has 42 heavy (non-hydrogen) atoms. The van der Waals surface area contributed by atoms with Gasteiger partial charge in [0.2, 0.25) is 0 Å². The molecular weight excluding hydrogens is 598 g/mol. The van der Waals surface area contributed by atoms with Gasteiger partial charge in [0.15, 0.2) is 6.61 Å². The van der Waals surface area contributed by atoms with Gasteiger partial charge in [-0.2, -0.15) is 0 Å². The van der Waals surface area contributed by atoms with Crippen LogP contribution >= 0.6 is 15.9 Å². The lowest BCUT2D eigenvalue weighted by molar-refractivity contribution is -0.121. The van der Waals surface area contributed by atoms with Crippen molar-refractivity contribution in [1.29, 1.82) is 0 Å². The molecule has 1 N–H and O–H groups in total. The first kappa shape index (κ1) is 28.5. The van der Waals surface area contributed by atoms with Gasteiger partial charge in [-0.1, -0.05) is 48.5 Å². The molecule has 0 aliphatic carbocycles. The maximum atomic E-state index is 13.6. The minimum atomic E-state index is -0.761. The van der Waals surface area contributed by atoms with Crippen LogP contribution in [0.2, 0.25) is 0 Å². The zero-order chi connectivity index (χ0) is 29.8. The summed E-state index contributed by atoms with van der Waals surface area (Å²) in [6.07, 6.45) is 1.43. The van der Waals surface area contributed by atoms with E-state index in [4.69, 9.17) is 4.74 Å². The summed E-state index contributed by atoms with van der Waals surface area (Å²) in [6, 6.07) is 26.8. The number of halogens is 1. The predicted molar refractivity (Wildman–Crippen MR) is 165 cm³/mol. The lowest BCUT2D eigenvalue weighted by Crippen LogP contribution is -2.57. The van der Waals surface area contributed by atoms with Crippen molar-refractivity contribution in [2.75, 3.05) is 21.7 Å². The first-order valence-electron chi connectivity index (χ1n) is 13.1. The van der Waals surface area contributed by atoms with E-state index in [0.717, 1.165) is 20.9 Å². The van der Waals surface area contributed by atoms with Gasteiger partial charge in [-0.05, 0) is 101 Å². The second kappa shape index (κ2) is 12.2. The van der Waals surface area contributed by atoms with Gasteiger partial charge < -0.3 is 10.1 Å². The van der Waals surface area contributed by atoms with Crippen LogP contribution in [-0.2, 0) is 14.4 Å². The van der Waals surface area contributed by atoms with Crippen LogP contribution in [0.3, 0.4) is 0 Å². The SMILES string of the molecule is Cc1ccc(NC(=O)COc2ccc(C=C3C(=O)N(c4ccccc4)C(=O)N(c4ccccc4)C3=O)cc2Br)cc1C. The molecule has 1 saturated heterocycles. The topological polar surface area (TPSA) is 96.0 Å². The number of nitrogens with one attached hydrogen (secondary N) is 1. The van der Waals surface area contributed by atoms with Gasteiger partial charge in [-0.25, -0.2) is 14.6 Å². The smallest absolute Gasteiger partial charge is 0.343 e. The molecule has 8 nitrogen and oxygen atoms in total. The fraction of sp³-hybridized carbons (Fsp3) is 0.0909. The summed E-state index contributed by atoms with van der Waals surface area (Å²) < 4.78 is 6.22. The third-order valence-corrected chi connectivity index (χ3v) is 7.31. The van der Waals surface area contributed by atoms with Crippen molar-refractivity contribution in [3.05, 3.63) is 124 Å². The van der Waals surface area contributed by atoms with Crippen molar-refractivity contribution < 1.29 is 23.9 Å².